The van der Waals surface area contributed by atoms with Crippen molar-refractivity contribution in [3.8, 4) is 0 Å². The van der Waals surface area contributed by atoms with Gasteiger partial charge in [0.05, 0.1) is 6.61 Å². The van der Waals surface area contributed by atoms with Gasteiger partial charge >= 0.3 is 11.9 Å². The third-order valence-electron chi connectivity index (χ3n) is 6.66. The van der Waals surface area contributed by atoms with Gasteiger partial charge < -0.3 is 9.84 Å². The molecule has 2 rings (SSSR count). The molecule has 0 aromatic heterocycles. The number of carboxylic acid groups (broad SMARTS) is 1. The van der Waals surface area contributed by atoms with Gasteiger partial charge in [-0.2, -0.15) is 0 Å². The van der Waals surface area contributed by atoms with Crippen molar-refractivity contribution < 1.29 is 28.2 Å². The summed E-state index contributed by atoms with van der Waals surface area (Å²) in [6.07, 6.45) is 0.187. The van der Waals surface area contributed by atoms with Crippen LogP contribution in [0.2, 0.25) is 0 Å². The van der Waals surface area contributed by atoms with E-state index in [1.807, 2.05) is 35.2 Å². The second-order valence-electron chi connectivity index (χ2n) is 8.78. The van der Waals surface area contributed by atoms with E-state index in [4.69, 9.17) is 4.74 Å². The van der Waals surface area contributed by atoms with Crippen LogP contribution in [-0.4, -0.2) is 54.0 Å². The van der Waals surface area contributed by atoms with Crippen molar-refractivity contribution in [2.75, 3.05) is 19.7 Å². The summed E-state index contributed by atoms with van der Waals surface area (Å²) in [5.41, 5.74) is -0.704. The van der Waals surface area contributed by atoms with Gasteiger partial charge in [-0.15, -0.1) is 0 Å². The van der Waals surface area contributed by atoms with Crippen molar-refractivity contribution in [1.29, 1.82) is 0 Å². The van der Waals surface area contributed by atoms with Gasteiger partial charge in [-0.25, -0.2) is 8.78 Å². The molecule has 1 aromatic carbocycles. The van der Waals surface area contributed by atoms with E-state index in [9.17, 15) is 19.1 Å². The lowest BCUT2D eigenvalue weighted by atomic mass is 9.76. The quantitative estimate of drug-likeness (QED) is 0.263. The third kappa shape index (κ3) is 6.06. The number of unbranched alkanes of at least 4 members (excludes halogenated alkanes) is 2. The van der Waals surface area contributed by atoms with Crippen LogP contribution in [0.5, 0.6) is 0 Å². The standard InChI is InChI=1S/C25H37F2NO4/c1-4-6-8-13-20(21(27)18(3)26)22(19-11-9-7-10-12-19)28-16-14-25(15-17-28,23(29)30)24(31)32-5-2/h7,9-12,18,20-22H,4-6,8,13-17H2,1-3H3,(H,29,30). The first-order valence-corrected chi connectivity index (χ1v) is 11.8. The fraction of sp³-hybridized carbons (Fsp3) is 0.680. The number of ether oxygens (including phenoxy) is 1. The maximum atomic E-state index is 15.2. The van der Waals surface area contributed by atoms with Crippen molar-refractivity contribution >= 4 is 11.9 Å². The number of hydrogen-bond acceptors (Lipinski definition) is 4. The Kier molecular flexibility index (Phi) is 10.1. The number of carbonyl (C=O) groups is 2. The zero-order chi connectivity index (χ0) is 23.7. The average molecular weight is 454 g/mol. The van der Waals surface area contributed by atoms with E-state index in [2.05, 4.69) is 6.92 Å². The Morgan fingerprint density at radius 2 is 1.75 bits per heavy atom. The van der Waals surface area contributed by atoms with Crippen molar-refractivity contribution in [1.82, 2.24) is 4.90 Å². The lowest BCUT2D eigenvalue weighted by Crippen LogP contribution is -2.52. The molecule has 4 atom stereocenters. The highest BCUT2D eigenvalue weighted by Gasteiger charge is 2.51. The Bertz CT molecular complexity index is 720. The molecule has 0 bridgehead atoms. The van der Waals surface area contributed by atoms with Crippen molar-refractivity contribution in [2.45, 2.75) is 77.7 Å². The summed E-state index contributed by atoms with van der Waals surface area (Å²) in [5, 5.41) is 9.81. The Labute approximate surface area is 190 Å². The molecule has 4 unspecified atom stereocenters. The number of alkyl halides is 2. The van der Waals surface area contributed by atoms with Crippen LogP contribution in [0.15, 0.2) is 30.3 Å². The number of rotatable bonds is 12. The summed E-state index contributed by atoms with van der Waals surface area (Å²) in [6.45, 7) is 5.67. The minimum atomic E-state index is -1.63. The lowest BCUT2D eigenvalue weighted by Gasteiger charge is -2.44. The van der Waals surface area contributed by atoms with E-state index in [-0.39, 0.29) is 19.4 Å². The molecule has 7 heteroatoms. The van der Waals surface area contributed by atoms with Crippen LogP contribution >= 0.6 is 0 Å². The summed E-state index contributed by atoms with van der Waals surface area (Å²) in [6, 6.07) is 9.07. The van der Waals surface area contributed by atoms with E-state index < -0.39 is 41.7 Å². The molecule has 0 aliphatic carbocycles. The third-order valence-corrected chi connectivity index (χ3v) is 6.66. The van der Waals surface area contributed by atoms with Crippen LogP contribution in [0.1, 0.15) is 70.9 Å². The van der Waals surface area contributed by atoms with Crippen LogP contribution in [-0.2, 0) is 14.3 Å². The van der Waals surface area contributed by atoms with Crippen molar-refractivity contribution in [3.63, 3.8) is 0 Å². The Morgan fingerprint density at radius 3 is 2.25 bits per heavy atom. The van der Waals surface area contributed by atoms with E-state index in [1.165, 1.54) is 6.92 Å². The number of carboxylic acids is 1. The minimum Gasteiger partial charge on any atom is -0.480 e. The first kappa shape index (κ1) is 26.2. The number of piperidine rings is 1. The molecule has 1 aliphatic heterocycles. The summed E-state index contributed by atoms with van der Waals surface area (Å²) >= 11 is 0. The first-order valence-electron chi connectivity index (χ1n) is 11.8. The van der Waals surface area contributed by atoms with Gasteiger partial charge in [0.15, 0.2) is 5.41 Å². The van der Waals surface area contributed by atoms with E-state index in [0.717, 1.165) is 24.8 Å². The molecule has 1 fully saturated rings. The average Bonchev–Trinajstić information content (AvgIpc) is 2.79. The second kappa shape index (κ2) is 12.3. The van der Waals surface area contributed by atoms with Gasteiger partial charge in [0.25, 0.3) is 0 Å². The fourth-order valence-corrected chi connectivity index (χ4v) is 4.80. The van der Waals surface area contributed by atoms with Crippen LogP contribution in [0, 0.1) is 11.3 Å². The Hall–Kier alpha value is -2.02. The number of hydrogen-bond donors (Lipinski definition) is 1. The van der Waals surface area contributed by atoms with E-state index >= 15 is 4.39 Å². The molecule has 1 saturated heterocycles. The lowest BCUT2D eigenvalue weighted by molar-refractivity contribution is -0.173. The zero-order valence-electron chi connectivity index (χ0n) is 19.4. The number of carbonyl (C=O) groups excluding carboxylic acids is 1. The molecule has 0 amide bonds. The Morgan fingerprint density at radius 1 is 1.12 bits per heavy atom. The van der Waals surface area contributed by atoms with Gasteiger partial charge in [-0.3, -0.25) is 14.5 Å². The monoisotopic (exact) mass is 453 g/mol. The highest BCUT2D eigenvalue weighted by Crippen LogP contribution is 2.42. The van der Waals surface area contributed by atoms with Crippen molar-refractivity contribution in [2.24, 2.45) is 11.3 Å². The Balaban J connectivity index is 2.35. The first-order chi connectivity index (χ1) is 15.3. The van der Waals surface area contributed by atoms with Gasteiger partial charge in [0.1, 0.15) is 12.3 Å². The topological polar surface area (TPSA) is 66.8 Å². The van der Waals surface area contributed by atoms with Crippen LogP contribution < -0.4 is 0 Å². The number of aliphatic carboxylic acids is 1. The molecule has 1 heterocycles. The van der Waals surface area contributed by atoms with Gasteiger partial charge in [0, 0.05) is 25.0 Å². The molecular formula is C25H37F2NO4. The number of nitrogens with zero attached hydrogens (tertiary/aromatic N) is 1. The van der Waals surface area contributed by atoms with Gasteiger partial charge in [0.2, 0.25) is 0 Å². The molecule has 1 N–H and O–H groups in total. The SMILES string of the molecule is CCCCCC(C(F)C(C)F)C(c1ccccc1)N1CCC(C(=O)O)(C(=O)OCC)CC1. The predicted octanol–water partition coefficient (Wildman–Crippen LogP) is 5.35. The molecule has 5 nitrogen and oxygen atoms in total. The van der Waals surface area contributed by atoms with Gasteiger partial charge in [-0.05, 0) is 38.7 Å². The maximum absolute atomic E-state index is 15.2. The molecule has 1 aromatic rings. The number of likely N-dealkylation sites (tertiary alicyclic amines) is 1. The minimum absolute atomic E-state index is 0.0777. The van der Waals surface area contributed by atoms with E-state index in [1.54, 1.807) is 6.92 Å². The normalized spacial score (nSPS) is 20.2. The predicted molar refractivity (Wildman–Crippen MR) is 120 cm³/mol. The summed E-state index contributed by atoms with van der Waals surface area (Å²) in [7, 11) is 0. The number of halogens is 2. The number of esters is 1. The fourth-order valence-electron chi connectivity index (χ4n) is 4.80. The van der Waals surface area contributed by atoms with Crippen LogP contribution in [0.3, 0.4) is 0 Å². The van der Waals surface area contributed by atoms with Crippen LogP contribution in [0.4, 0.5) is 8.78 Å². The number of benzene rings is 1. The molecule has 180 valence electrons. The van der Waals surface area contributed by atoms with Crippen LogP contribution in [0.25, 0.3) is 0 Å². The highest BCUT2D eigenvalue weighted by atomic mass is 19.2. The molecule has 1 aliphatic rings. The second-order valence-corrected chi connectivity index (χ2v) is 8.78. The molecular weight excluding hydrogens is 416 g/mol. The maximum Gasteiger partial charge on any atom is 0.323 e. The summed E-state index contributed by atoms with van der Waals surface area (Å²) in [5.74, 6) is -2.47. The smallest absolute Gasteiger partial charge is 0.323 e. The molecule has 0 spiro atoms. The van der Waals surface area contributed by atoms with Crippen molar-refractivity contribution in [3.05, 3.63) is 35.9 Å². The highest BCUT2D eigenvalue weighted by molar-refractivity contribution is 5.99. The largest absolute Gasteiger partial charge is 0.480 e. The molecule has 32 heavy (non-hydrogen) atoms. The molecule has 0 saturated carbocycles. The van der Waals surface area contributed by atoms with Gasteiger partial charge in [-0.1, -0.05) is 56.5 Å². The summed E-state index contributed by atoms with van der Waals surface area (Å²) < 4.78 is 34.5. The molecule has 0 radical (unpaired) electrons. The van der Waals surface area contributed by atoms with E-state index in [0.29, 0.717) is 19.5 Å². The summed E-state index contributed by atoms with van der Waals surface area (Å²) in [4.78, 5) is 26.5. The zero-order valence-corrected chi connectivity index (χ0v) is 19.4.